The molecule has 15 heavy (non-hydrogen) atoms. The van der Waals surface area contributed by atoms with Crippen LogP contribution in [-0.4, -0.2) is 5.54 Å². The highest BCUT2D eigenvalue weighted by Gasteiger charge is 2.28. The molecule has 2 heteroatoms. The fourth-order valence-electron chi connectivity index (χ4n) is 2.36. The highest BCUT2D eigenvalue weighted by Crippen LogP contribution is 2.32. The molecule has 1 aromatic carbocycles. The van der Waals surface area contributed by atoms with Gasteiger partial charge in [-0.25, -0.2) is 0 Å². The normalized spacial score (nSPS) is 21.2. The first-order chi connectivity index (χ1) is 6.97. The second-order valence-electron chi connectivity index (χ2n) is 5.17. The summed E-state index contributed by atoms with van der Waals surface area (Å²) in [6.07, 6.45) is 3.38. The Morgan fingerprint density at radius 2 is 2.07 bits per heavy atom. The van der Waals surface area contributed by atoms with Crippen molar-refractivity contribution in [1.82, 2.24) is 0 Å². The highest BCUT2D eigenvalue weighted by atomic mass is 35.5. The fraction of sp³-hybridized carbons (Fsp3) is 0.538. The summed E-state index contributed by atoms with van der Waals surface area (Å²) in [6, 6.07) is 6.22. The molecule has 0 heterocycles. The molecule has 0 amide bonds. The summed E-state index contributed by atoms with van der Waals surface area (Å²) in [5.74, 6) is 0.589. The maximum atomic E-state index is 6.17. The Morgan fingerprint density at radius 3 is 2.73 bits per heavy atom. The zero-order valence-corrected chi connectivity index (χ0v) is 10.1. The van der Waals surface area contributed by atoms with Crippen molar-refractivity contribution in [1.29, 1.82) is 0 Å². The second-order valence-corrected chi connectivity index (χ2v) is 5.61. The first-order valence-electron chi connectivity index (χ1n) is 5.53. The van der Waals surface area contributed by atoms with Crippen molar-refractivity contribution in [3.8, 4) is 0 Å². The van der Waals surface area contributed by atoms with Crippen LogP contribution >= 0.6 is 11.6 Å². The Hall–Kier alpha value is -0.530. The molecule has 0 aromatic heterocycles. The molecule has 2 N–H and O–H groups in total. The van der Waals surface area contributed by atoms with Crippen LogP contribution in [0.25, 0.3) is 0 Å². The summed E-state index contributed by atoms with van der Waals surface area (Å²) >= 11 is 5.98. The van der Waals surface area contributed by atoms with Gasteiger partial charge in [-0.15, -0.1) is 0 Å². The number of aryl methyl sites for hydroxylation is 1. The van der Waals surface area contributed by atoms with Crippen molar-refractivity contribution in [2.45, 2.75) is 38.6 Å². The Morgan fingerprint density at radius 1 is 1.33 bits per heavy atom. The molecule has 0 aliphatic heterocycles. The molecule has 0 fully saturated rings. The van der Waals surface area contributed by atoms with E-state index in [9.17, 15) is 0 Å². The summed E-state index contributed by atoms with van der Waals surface area (Å²) in [4.78, 5) is 0. The molecule has 0 radical (unpaired) electrons. The van der Waals surface area contributed by atoms with Gasteiger partial charge in [-0.1, -0.05) is 17.7 Å². The van der Waals surface area contributed by atoms with E-state index in [1.165, 1.54) is 17.5 Å². The molecule has 2 rings (SSSR count). The number of fused-ring (bicyclic) bond motifs is 1. The summed E-state index contributed by atoms with van der Waals surface area (Å²) in [5.41, 5.74) is 8.93. The van der Waals surface area contributed by atoms with Gasteiger partial charge < -0.3 is 5.73 Å². The molecular formula is C13H18ClN. The summed E-state index contributed by atoms with van der Waals surface area (Å²) in [5, 5.41) is 0.846. The lowest BCUT2D eigenvalue weighted by Gasteiger charge is -2.34. The van der Waals surface area contributed by atoms with Gasteiger partial charge in [-0.05, 0) is 62.3 Å². The molecule has 82 valence electrons. The van der Waals surface area contributed by atoms with E-state index in [2.05, 4.69) is 26.0 Å². The van der Waals surface area contributed by atoms with Gasteiger partial charge >= 0.3 is 0 Å². The smallest absolute Gasteiger partial charge is 0.0408 e. The number of rotatable bonds is 1. The molecular weight excluding hydrogens is 206 g/mol. The lowest BCUT2D eigenvalue weighted by molar-refractivity contribution is 0.288. The molecule has 0 saturated carbocycles. The summed E-state index contributed by atoms with van der Waals surface area (Å²) in [7, 11) is 0. The van der Waals surface area contributed by atoms with Gasteiger partial charge in [0.1, 0.15) is 0 Å². The van der Waals surface area contributed by atoms with Gasteiger partial charge in [0.05, 0.1) is 0 Å². The third-order valence-electron chi connectivity index (χ3n) is 3.45. The monoisotopic (exact) mass is 223 g/mol. The number of hydrogen-bond acceptors (Lipinski definition) is 1. The SMILES string of the molecule is CC(C)(N)C1CCc2cc(Cl)ccc2C1. The number of halogens is 1. The minimum absolute atomic E-state index is 0.0721. The Balaban J connectivity index is 2.24. The van der Waals surface area contributed by atoms with Gasteiger partial charge in [0, 0.05) is 10.6 Å². The second kappa shape index (κ2) is 3.80. The van der Waals surface area contributed by atoms with Gasteiger partial charge in [-0.2, -0.15) is 0 Å². The summed E-state index contributed by atoms with van der Waals surface area (Å²) in [6.45, 7) is 4.25. The fourth-order valence-corrected chi connectivity index (χ4v) is 2.55. The van der Waals surface area contributed by atoms with E-state index in [4.69, 9.17) is 17.3 Å². The van der Waals surface area contributed by atoms with Crippen LogP contribution in [0.3, 0.4) is 0 Å². The lowest BCUT2D eigenvalue weighted by Crippen LogP contribution is -2.43. The number of benzene rings is 1. The van der Waals surface area contributed by atoms with Crippen LogP contribution in [0.5, 0.6) is 0 Å². The van der Waals surface area contributed by atoms with Gasteiger partial charge in [0.2, 0.25) is 0 Å². The van der Waals surface area contributed by atoms with Crippen molar-refractivity contribution in [3.05, 3.63) is 34.3 Å². The van der Waals surface area contributed by atoms with Crippen LogP contribution in [0.4, 0.5) is 0 Å². The average molecular weight is 224 g/mol. The standard InChI is InChI=1S/C13H18ClN/c1-13(2,15)11-5-3-10-8-12(14)6-4-9(10)7-11/h4,6,8,11H,3,5,7,15H2,1-2H3. The minimum atomic E-state index is -0.0721. The van der Waals surface area contributed by atoms with Crippen molar-refractivity contribution in [2.24, 2.45) is 11.7 Å². The van der Waals surface area contributed by atoms with E-state index >= 15 is 0 Å². The maximum absolute atomic E-state index is 6.17. The topological polar surface area (TPSA) is 26.0 Å². The third kappa shape index (κ3) is 2.35. The molecule has 1 aromatic rings. The van der Waals surface area contributed by atoms with Crippen molar-refractivity contribution in [2.75, 3.05) is 0 Å². The first-order valence-corrected chi connectivity index (χ1v) is 5.91. The van der Waals surface area contributed by atoms with E-state index in [0.29, 0.717) is 5.92 Å². The highest BCUT2D eigenvalue weighted by molar-refractivity contribution is 6.30. The van der Waals surface area contributed by atoms with Crippen molar-refractivity contribution in [3.63, 3.8) is 0 Å². The van der Waals surface area contributed by atoms with Crippen LogP contribution < -0.4 is 5.73 Å². The average Bonchev–Trinajstić information content (AvgIpc) is 2.15. The zero-order valence-electron chi connectivity index (χ0n) is 9.39. The van der Waals surface area contributed by atoms with E-state index < -0.39 is 0 Å². The minimum Gasteiger partial charge on any atom is -0.325 e. The molecule has 1 nitrogen and oxygen atoms in total. The molecule has 0 saturated heterocycles. The van der Waals surface area contributed by atoms with E-state index in [1.54, 1.807) is 0 Å². The van der Waals surface area contributed by atoms with Crippen LogP contribution in [0, 0.1) is 5.92 Å². The van der Waals surface area contributed by atoms with Gasteiger partial charge in [0.15, 0.2) is 0 Å². The Labute approximate surface area is 96.6 Å². The lowest BCUT2D eigenvalue weighted by atomic mass is 9.75. The van der Waals surface area contributed by atoms with Crippen molar-refractivity contribution < 1.29 is 0 Å². The van der Waals surface area contributed by atoms with Crippen LogP contribution in [-0.2, 0) is 12.8 Å². The van der Waals surface area contributed by atoms with Gasteiger partial charge in [-0.3, -0.25) is 0 Å². The third-order valence-corrected chi connectivity index (χ3v) is 3.68. The predicted octanol–water partition coefficient (Wildman–Crippen LogP) is 3.18. The van der Waals surface area contributed by atoms with E-state index in [0.717, 1.165) is 17.9 Å². The Bertz CT molecular complexity index is 365. The van der Waals surface area contributed by atoms with Crippen LogP contribution in [0.1, 0.15) is 31.4 Å². The van der Waals surface area contributed by atoms with Crippen LogP contribution in [0.2, 0.25) is 5.02 Å². The first kappa shape index (κ1) is 11.0. The largest absolute Gasteiger partial charge is 0.325 e. The molecule has 1 aliphatic carbocycles. The molecule has 0 spiro atoms. The number of nitrogens with two attached hydrogens (primary N) is 1. The van der Waals surface area contributed by atoms with E-state index in [-0.39, 0.29) is 5.54 Å². The summed E-state index contributed by atoms with van der Waals surface area (Å²) < 4.78 is 0. The molecule has 1 unspecified atom stereocenters. The molecule has 1 aliphatic rings. The predicted molar refractivity (Wildman–Crippen MR) is 65.2 cm³/mol. The van der Waals surface area contributed by atoms with E-state index in [1.807, 2.05) is 6.07 Å². The molecule has 1 atom stereocenters. The Kier molecular flexibility index (Phi) is 2.78. The van der Waals surface area contributed by atoms with Gasteiger partial charge in [0.25, 0.3) is 0 Å². The molecule has 0 bridgehead atoms. The maximum Gasteiger partial charge on any atom is 0.0408 e. The quantitative estimate of drug-likeness (QED) is 0.778. The number of hydrogen-bond donors (Lipinski definition) is 1. The van der Waals surface area contributed by atoms with Crippen LogP contribution in [0.15, 0.2) is 18.2 Å². The zero-order chi connectivity index (χ0) is 11.1. The van der Waals surface area contributed by atoms with Crippen molar-refractivity contribution >= 4 is 11.6 Å².